The van der Waals surface area contributed by atoms with Gasteiger partial charge in [-0.15, -0.1) is 0 Å². The van der Waals surface area contributed by atoms with E-state index in [4.69, 9.17) is 15.2 Å². The van der Waals surface area contributed by atoms with Crippen LogP contribution in [0.1, 0.15) is 18.4 Å². The molecule has 2 aromatic heterocycles. The minimum Gasteiger partial charge on any atom is -0.497 e. The number of amides is 2. The third kappa shape index (κ3) is 4.89. The Kier molecular flexibility index (Phi) is 6.77. The van der Waals surface area contributed by atoms with Gasteiger partial charge in [-0.05, 0) is 73.0 Å². The molecule has 0 saturated heterocycles. The molecule has 2 N–H and O–H groups in total. The Balaban J connectivity index is 1.29. The lowest BCUT2D eigenvalue weighted by molar-refractivity contribution is -0.133. The quantitative estimate of drug-likeness (QED) is 0.235. The standard InChI is InChI=1S/C31H25F2N5O4/c1-41-23-9-2-19(3-10-23)18-37-28-24(17-36-37)26(12-15-35-28)42-27-11-8-22(16-25(27)33)38(21-6-4-20(32)5-7-21)30(40)31(13-14-31)29(34)39/h2-12,15-17H,13-14,18H2,1H3,(H2,34,39). The second-order valence-electron chi connectivity index (χ2n) is 9.98. The number of nitrogens with zero attached hydrogens (tertiary/aromatic N) is 4. The van der Waals surface area contributed by atoms with Crippen molar-refractivity contribution >= 4 is 34.2 Å². The minimum absolute atomic E-state index is 0.100. The molecule has 0 radical (unpaired) electrons. The van der Waals surface area contributed by atoms with Crippen molar-refractivity contribution in [2.75, 3.05) is 12.0 Å². The smallest absolute Gasteiger partial charge is 0.247 e. The first-order valence-corrected chi connectivity index (χ1v) is 13.1. The van der Waals surface area contributed by atoms with E-state index in [-0.39, 0.29) is 30.0 Å². The van der Waals surface area contributed by atoms with Crippen LogP contribution in [0, 0.1) is 17.0 Å². The molecule has 212 valence electrons. The molecule has 5 aromatic rings. The molecule has 0 aliphatic heterocycles. The van der Waals surface area contributed by atoms with E-state index >= 15 is 4.39 Å². The summed E-state index contributed by atoms with van der Waals surface area (Å²) in [6.45, 7) is 0.451. The minimum atomic E-state index is -1.38. The van der Waals surface area contributed by atoms with Crippen LogP contribution in [-0.4, -0.2) is 33.7 Å². The number of carbonyl (C=O) groups is 2. The zero-order chi connectivity index (χ0) is 29.4. The summed E-state index contributed by atoms with van der Waals surface area (Å²) in [5.41, 5.74) is 6.09. The summed E-state index contributed by atoms with van der Waals surface area (Å²) >= 11 is 0. The fourth-order valence-corrected chi connectivity index (χ4v) is 4.77. The highest BCUT2D eigenvalue weighted by Crippen LogP contribution is 2.49. The molecule has 0 unspecified atom stereocenters. The molecule has 1 aliphatic rings. The lowest BCUT2D eigenvalue weighted by Gasteiger charge is -2.26. The number of hydrogen-bond donors (Lipinski definition) is 1. The van der Waals surface area contributed by atoms with Gasteiger partial charge in [0, 0.05) is 18.0 Å². The number of pyridine rings is 1. The average Bonchev–Trinajstić information content (AvgIpc) is 3.72. The van der Waals surface area contributed by atoms with Crippen molar-refractivity contribution in [2.24, 2.45) is 11.1 Å². The predicted octanol–water partition coefficient (Wildman–Crippen LogP) is 5.49. The summed E-state index contributed by atoms with van der Waals surface area (Å²) in [5.74, 6) is -1.64. The van der Waals surface area contributed by atoms with E-state index in [1.807, 2.05) is 24.3 Å². The van der Waals surface area contributed by atoms with Crippen LogP contribution in [0.25, 0.3) is 11.0 Å². The molecule has 2 heterocycles. The van der Waals surface area contributed by atoms with Gasteiger partial charge in [0.1, 0.15) is 22.7 Å². The van der Waals surface area contributed by atoms with Crippen LogP contribution in [0.2, 0.25) is 0 Å². The summed E-state index contributed by atoms with van der Waals surface area (Å²) in [7, 11) is 1.60. The van der Waals surface area contributed by atoms with Crippen LogP contribution < -0.4 is 20.1 Å². The number of primary amides is 1. The Morgan fingerprint density at radius 2 is 1.69 bits per heavy atom. The predicted molar refractivity (Wildman–Crippen MR) is 151 cm³/mol. The van der Waals surface area contributed by atoms with Crippen LogP contribution in [0.4, 0.5) is 20.2 Å². The number of hydrogen-bond acceptors (Lipinski definition) is 6. The van der Waals surface area contributed by atoms with Crippen LogP contribution in [0.3, 0.4) is 0 Å². The van der Waals surface area contributed by atoms with Gasteiger partial charge in [-0.2, -0.15) is 5.10 Å². The Bertz CT molecular complexity index is 1800. The van der Waals surface area contributed by atoms with Gasteiger partial charge in [0.15, 0.2) is 17.2 Å². The van der Waals surface area contributed by atoms with E-state index in [0.717, 1.165) is 17.4 Å². The lowest BCUT2D eigenvalue weighted by atomic mass is 10.0. The summed E-state index contributed by atoms with van der Waals surface area (Å²) in [4.78, 5) is 31.2. The lowest BCUT2D eigenvalue weighted by Crippen LogP contribution is -2.41. The fraction of sp³-hybridized carbons (Fsp3) is 0.161. The molecular formula is C31H25F2N5O4. The number of methoxy groups -OCH3 is 1. The number of rotatable bonds is 9. The van der Waals surface area contributed by atoms with Gasteiger partial charge in [0.25, 0.3) is 0 Å². The maximum Gasteiger partial charge on any atom is 0.247 e. The van der Waals surface area contributed by atoms with Gasteiger partial charge in [-0.25, -0.2) is 18.4 Å². The maximum absolute atomic E-state index is 15.5. The zero-order valence-electron chi connectivity index (χ0n) is 22.5. The van der Waals surface area contributed by atoms with Crippen LogP contribution in [0.5, 0.6) is 17.2 Å². The molecule has 0 atom stereocenters. The van der Waals surface area contributed by atoms with Gasteiger partial charge in [0.05, 0.1) is 30.9 Å². The highest BCUT2D eigenvalue weighted by Gasteiger charge is 2.57. The Labute approximate surface area is 239 Å². The first kappa shape index (κ1) is 26.9. The molecule has 3 aromatic carbocycles. The van der Waals surface area contributed by atoms with Crippen molar-refractivity contribution in [3.8, 4) is 17.2 Å². The van der Waals surface area contributed by atoms with Crippen molar-refractivity contribution in [1.82, 2.24) is 14.8 Å². The highest BCUT2D eigenvalue weighted by atomic mass is 19.1. The van der Waals surface area contributed by atoms with Gasteiger partial charge in [-0.3, -0.25) is 14.5 Å². The van der Waals surface area contributed by atoms with Gasteiger partial charge in [-0.1, -0.05) is 12.1 Å². The van der Waals surface area contributed by atoms with Crippen LogP contribution in [0.15, 0.2) is 85.2 Å². The van der Waals surface area contributed by atoms with Crippen molar-refractivity contribution in [3.05, 3.63) is 102 Å². The van der Waals surface area contributed by atoms with Crippen LogP contribution >= 0.6 is 0 Å². The van der Waals surface area contributed by atoms with Gasteiger partial charge in [0.2, 0.25) is 11.8 Å². The second-order valence-corrected chi connectivity index (χ2v) is 9.98. The summed E-state index contributed by atoms with van der Waals surface area (Å²) in [5, 5.41) is 5.02. The van der Waals surface area contributed by atoms with E-state index < -0.39 is 28.9 Å². The van der Waals surface area contributed by atoms with E-state index in [1.165, 1.54) is 41.3 Å². The SMILES string of the molecule is COc1ccc(Cn2ncc3c(Oc4ccc(N(C(=O)C5(C(N)=O)CC5)c5ccc(F)cc5)cc4F)ccnc32)cc1. The van der Waals surface area contributed by atoms with E-state index in [9.17, 15) is 14.0 Å². The topological polar surface area (TPSA) is 113 Å². The summed E-state index contributed by atoms with van der Waals surface area (Å²) in [6.07, 6.45) is 3.71. The number of ether oxygens (including phenoxy) is 2. The molecule has 6 rings (SSSR count). The monoisotopic (exact) mass is 569 g/mol. The molecule has 11 heteroatoms. The summed E-state index contributed by atoms with van der Waals surface area (Å²) in [6, 6.07) is 18.3. The zero-order valence-corrected chi connectivity index (χ0v) is 22.5. The number of fused-ring (bicyclic) bond motifs is 1. The first-order chi connectivity index (χ1) is 20.3. The molecule has 1 saturated carbocycles. The first-order valence-electron chi connectivity index (χ1n) is 13.1. The third-order valence-corrected chi connectivity index (χ3v) is 7.30. The van der Waals surface area contributed by atoms with Crippen molar-refractivity contribution in [3.63, 3.8) is 0 Å². The molecule has 2 amide bonds. The highest BCUT2D eigenvalue weighted by molar-refractivity contribution is 6.16. The summed E-state index contributed by atoms with van der Waals surface area (Å²) < 4.78 is 42.0. The number of halogens is 2. The average molecular weight is 570 g/mol. The third-order valence-electron chi connectivity index (χ3n) is 7.30. The number of aromatic nitrogens is 3. The van der Waals surface area contributed by atoms with E-state index in [0.29, 0.717) is 23.3 Å². The number of benzene rings is 3. The Hall–Kier alpha value is -5.32. The van der Waals surface area contributed by atoms with E-state index in [1.54, 1.807) is 30.3 Å². The number of anilines is 2. The Morgan fingerprint density at radius 1 is 0.976 bits per heavy atom. The molecule has 42 heavy (non-hydrogen) atoms. The molecular weight excluding hydrogens is 544 g/mol. The van der Waals surface area contributed by atoms with Crippen molar-refractivity contribution in [2.45, 2.75) is 19.4 Å². The largest absolute Gasteiger partial charge is 0.497 e. The Morgan fingerprint density at radius 3 is 2.33 bits per heavy atom. The van der Waals surface area contributed by atoms with Crippen molar-refractivity contribution in [1.29, 1.82) is 0 Å². The van der Waals surface area contributed by atoms with Crippen LogP contribution in [-0.2, 0) is 16.1 Å². The van der Waals surface area contributed by atoms with Gasteiger partial charge < -0.3 is 15.2 Å². The fourth-order valence-electron chi connectivity index (χ4n) is 4.77. The number of carbonyl (C=O) groups excluding carboxylic acids is 2. The molecule has 0 bridgehead atoms. The molecule has 0 spiro atoms. The second kappa shape index (κ2) is 10.6. The number of nitrogens with two attached hydrogens (primary N) is 1. The normalized spacial score (nSPS) is 13.5. The van der Waals surface area contributed by atoms with E-state index in [2.05, 4.69) is 10.1 Å². The van der Waals surface area contributed by atoms with Crippen molar-refractivity contribution < 1.29 is 27.8 Å². The molecule has 9 nitrogen and oxygen atoms in total. The molecule has 1 aliphatic carbocycles. The molecule has 1 fully saturated rings. The van der Waals surface area contributed by atoms with Gasteiger partial charge >= 0.3 is 0 Å². The maximum atomic E-state index is 15.5.